The first-order valence-electron chi connectivity index (χ1n) is 7.26. The van der Waals surface area contributed by atoms with Crippen molar-refractivity contribution in [1.82, 2.24) is 15.1 Å². The molecule has 4 heteroatoms. The number of rotatable bonds is 4. The summed E-state index contributed by atoms with van der Waals surface area (Å²) >= 11 is 0. The number of hydrogen-bond acceptors (Lipinski definition) is 3. The molecule has 1 N–H and O–H groups in total. The summed E-state index contributed by atoms with van der Waals surface area (Å²) in [5, 5.41) is 8.21. The normalized spacial score (nSPS) is 21.3. The molecule has 1 aliphatic heterocycles. The van der Waals surface area contributed by atoms with Crippen LogP contribution in [0.25, 0.3) is 0 Å². The summed E-state index contributed by atoms with van der Waals surface area (Å²) in [6.07, 6.45) is 3.16. The van der Waals surface area contributed by atoms with Gasteiger partial charge >= 0.3 is 0 Å². The number of fused-ring (bicyclic) bond motifs is 1. The van der Waals surface area contributed by atoms with E-state index in [-0.39, 0.29) is 12.1 Å². The van der Waals surface area contributed by atoms with Crippen molar-refractivity contribution < 1.29 is 4.74 Å². The van der Waals surface area contributed by atoms with E-state index in [4.69, 9.17) is 4.74 Å². The molecule has 2 atom stereocenters. The lowest BCUT2D eigenvalue weighted by Crippen LogP contribution is -2.37. The predicted octanol–water partition coefficient (Wildman–Crippen LogP) is 2.87. The number of para-hydroxylation sites is 1. The number of nitrogens with one attached hydrogen (secondary N) is 1. The van der Waals surface area contributed by atoms with Crippen molar-refractivity contribution >= 4 is 0 Å². The molecular formula is C16H21N3O. The average Bonchev–Trinajstić information content (AvgIpc) is 2.91. The van der Waals surface area contributed by atoms with Gasteiger partial charge in [-0.3, -0.25) is 4.68 Å². The highest BCUT2D eigenvalue weighted by Crippen LogP contribution is 2.37. The Morgan fingerprint density at radius 1 is 1.35 bits per heavy atom. The SMILES string of the molecule is CCCNC1c2ccccc2OCC1n1ccc(C)n1. The number of aryl methyl sites for hydroxylation is 1. The van der Waals surface area contributed by atoms with Gasteiger partial charge in [0.25, 0.3) is 0 Å². The molecule has 0 amide bonds. The monoisotopic (exact) mass is 271 g/mol. The van der Waals surface area contributed by atoms with Crippen LogP contribution in [0.2, 0.25) is 0 Å². The summed E-state index contributed by atoms with van der Waals surface area (Å²) in [7, 11) is 0. The van der Waals surface area contributed by atoms with Gasteiger partial charge in [-0.25, -0.2) is 0 Å². The number of aromatic nitrogens is 2. The Morgan fingerprint density at radius 3 is 2.95 bits per heavy atom. The smallest absolute Gasteiger partial charge is 0.124 e. The minimum atomic E-state index is 0.199. The zero-order valence-corrected chi connectivity index (χ0v) is 12.0. The lowest BCUT2D eigenvalue weighted by Gasteiger charge is -2.34. The summed E-state index contributed by atoms with van der Waals surface area (Å²) in [5.74, 6) is 0.987. The summed E-state index contributed by atoms with van der Waals surface area (Å²) in [6, 6.07) is 10.8. The van der Waals surface area contributed by atoms with Crippen LogP contribution in [-0.2, 0) is 0 Å². The molecule has 0 bridgehead atoms. The van der Waals surface area contributed by atoms with E-state index >= 15 is 0 Å². The molecule has 106 valence electrons. The molecule has 1 aliphatic rings. The third-order valence-corrected chi connectivity index (χ3v) is 3.74. The van der Waals surface area contributed by atoms with Gasteiger partial charge in [0.2, 0.25) is 0 Å². The van der Waals surface area contributed by atoms with Gasteiger partial charge in [0.05, 0.1) is 11.7 Å². The first-order valence-corrected chi connectivity index (χ1v) is 7.26. The maximum absolute atomic E-state index is 5.91. The fraction of sp³-hybridized carbons (Fsp3) is 0.438. The zero-order valence-electron chi connectivity index (χ0n) is 12.0. The summed E-state index contributed by atoms with van der Waals surface area (Å²) in [6.45, 7) is 5.85. The third kappa shape index (κ3) is 2.43. The lowest BCUT2D eigenvalue weighted by molar-refractivity contribution is 0.169. The van der Waals surface area contributed by atoms with Gasteiger partial charge in [-0.15, -0.1) is 0 Å². The van der Waals surface area contributed by atoms with Crippen molar-refractivity contribution in [2.24, 2.45) is 0 Å². The van der Waals surface area contributed by atoms with Gasteiger partial charge in [0, 0.05) is 11.8 Å². The summed E-state index contributed by atoms with van der Waals surface area (Å²) in [5.41, 5.74) is 2.27. The van der Waals surface area contributed by atoms with E-state index in [2.05, 4.69) is 29.5 Å². The summed E-state index contributed by atoms with van der Waals surface area (Å²) < 4.78 is 7.94. The van der Waals surface area contributed by atoms with Crippen LogP contribution in [-0.4, -0.2) is 22.9 Å². The Hall–Kier alpha value is -1.81. The first-order chi connectivity index (χ1) is 9.79. The van der Waals surface area contributed by atoms with Crippen molar-refractivity contribution in [2.45, 2.75) is 32.4 Å². The van der Waals surface area contributed by atoms with Crippen LogP contribution >= 0.6 is 0 Å². The van der Waals surface area contributed by atoms with E-state index in [0.29, 0.717) is 6.61 Å². The number of nitrogens with zero attached hydrogens (tertiary/aromatic N) is 2. The molecule has 1 aromatic heterocycles. The molecule has 1 aromatic carbocycles. The second kappa shape index (κ2) is 5.67. The second-order valence-electron chi connectivity index (χ2n) is 5.29. The highest BCUT2D eigenvalue weighted by Gasteiger charge is 2.31. The highest BCUT2D eigenvalue weighted by molar-refractivity contribution is 5.38. The number of hydrogen-bond donors (Lipinski definition) is 1. The fourth-order valence-corrected chi connectivity index (χ4v) is 2.74. The van der Waals surface area contributed by atoms with Crippen LogP contribution in [0.4, 0.5) is 0 Å². The van der Waals surface area contributed by atoms with Gasteiger partial charge in [0.15, 0.2) is 0 Å². The van der Waals surface area contributed by atoms with E-state index in [1.807, 2.05) is 36.0 Å². The fourth-order valence-electron chi connectivity index (χ4n) is 2.74. The maximum Gasteiger partial charge on any atom is 0.124 e. The van der Waals surface area contributed by atoms with Gasteiger partial charge in [-0.1, -0.05) is 25.1 Å². The van der Waals surface area contributed by atoms with Crippen molar-refractivity contribution in [3.05, 3.63) is 47.8 Å². The average molecular weight is 271 g/mol. The molecule has 3 rings (SSSR count). The van der Waals surface area contributed by atoms with E-state index in [1.165, 1.54) is 5.56 Å². The Kier molecular flexibility index (Phi) is 3.74. The first kappa shape index (κ1) is 13.2. The molecular weight excluding hydrogens is 250 g/mol. The number of benzene rings is 1. The highest BCUT2D eigenvalue weighted by atomic mass is 16.5. The van der Waals surface area contributed by atoms with Crippen molar-refractivity contribution in [2.75, 3.05) is 13.2 Å². The quantitative estimate of drug-likeness (QED) is 0.929. The number of ether oxygens (including phenoxy) is 1. The molecule has 0 spiro atoms. The van der Waals surface area contributed by atoms with Crippen LogP contribution in [0.1, 0.15) is 36.7 Å². The minimum absolute atomic E-state index is 0.199. The Bertz CT molecular complexity index is 579. The Labute approximate surface area is 119 Å². The van der Waals surface area contributed by atoms with Crippen LogP contribution in [0.5, 0.6) is 5.75 Å². The van der Waals surface area contributed by atoms with Crippen LogP contribution < -0.4 is 10.1 Å². The standard InChI is InChI=1S/C16H21N3O/c1-3-9-17-16-13-6-4-5-7-15(13)20-11-14(16)19-10-8-12(2)18-19/h4-8,10,14,16-17H,3,9,11H2,1-2H3. The van der Waals surface area contributed by atoms with E-state index in [9.17, 15) is 0 Å². The Morgan fingerprint density at radius 2 is 2.20 bits per heavy atom. The molecule has 4 nitrogen and oxygen atoms in total. The van der Waals surface area contributed by atoms with Crippen LogP contribution in [0.3, 0.4) is 0 Å². The van der Waals surface area contributed by atoms with Gasteiger partial charge < -0.3 is 10.1 Å². The molecule has 0 fully saturated rings. The largest absolute Gasteiger partial charge is 0.491 e. The predicted molar refractivity (Wildman–Crippen MR) is 79.0 cm³/mol. The zero-order chi connectivity index (χ0) is 13.9. The van der Waals surface area contributed by atoms with Gasteiger partial charge in [-0.2, -0.15) is 5.10 Å². The van der Waals surface area contributed by atoms with Crippen molar-refractivity contribution in [3.63, 3.8) is 0 Å². The van der Waals surface area contributed by atoms with E-state index in [0.717, 1.165) is 24.4 Å². The molecule has 2 aromatic rings. The van der Waals surface area contributed by atoms with Crippen molar-refractivity contribution in [1.29, 1.82) is 0 Å². The van der Waals surface area contributed by atoms with Gasteiger partial charge in [0.1, 0.15) is 18.4 Å². The lowest BCUT2D eigenvalue weighted by atomic mass is 9.96. The molecule has 0 saturated carbocycles. The van der Waals surface area contributed by atoms with Crippen LogP contribution in [0, 0.1) is 6.92 Å². The summed E-state index contributed by atoms with van der Waals surface area (Å²) in [4.78, 5) is 0. The minimum Gasteiger partial charge on any atom is -0.491 e. The van der Waals surface area contributed by atoms with E-state index in [1.54, 1.807) is 0 Å². The van der Waals surface area contributed by atoms with E-state index < -0.39 is 0 Å². The third-order valence-electron chi connectivity index (χ3n) is 3.74. The second-order valence-corrected chi connectivity index (χ2v) is 5.29. The Balaban J connectivity index is 1.94. The molecule has 0 saturated heterocycles. The van der Waals surface area contributed by atoms with Gasteiger partial charge in [-0.05, 0) is 32.0 Å². The molecule has 2 unspecified atom stereocenters. The van der Waals surface area contributed by atoms with Crippen molar-refractivity contribution in [3.8, 4) is 5.75 Å². The molecule has 20 heavy (non-hydrogen) atoms. The molecule has 0 aliphatic carbocycles. The topological polar surface area (TPSA) is 39.1 Å². The molecule has 2 heterocycles. The molecule has 0 radical (unpaired) electrons. The maximum atomic E-state index is 5.91. The van der Waals surface area contributed by atoms with Crippen LogP contribution in [0.15, 0.2) is 36.5 Å².